The van der Waals surface area contributed by atoms with E-state index in [4.69, 9.17) is 4.74 Å². The third kappa shape index (κ3) is 1.55. The van der Waals surface area contributed by atoms with Crippen LogP contribution in [-0.4, -0.2) is 19.2 Å². The van der Waals surface area contributed by atoms with Gasteiger partial charge in [0.2, 0.25) is 0 Å². The lowest BCUT2D eigenvalue weighted by Gasteiger charge is -1.93. The van der Waals surface area contributed by atoms with Crippen LogP contribution in [0.3, 0.4) is 0 Å². The largest absolute Gasteiger partial charge is 0.467 e. The summed E-state index contributed by atoms with van der Waals surface area (Å²) >= 11 is 0. The second-order valence-corrected chi connectivity index (χ2v) is 2.91. The highest BCUT2D eigenvalue weighted by Gasteiger charge is 2.46. The molecule has 1 fully saturated rings. The predicted octanol–water partition coefficient (Wildman–Crippen LogP) is 1.30. The Balaban J connectivity index is 2.04. The topological polar surface area (TPSA) is 38.8 Å². The third-order valence-corrected chi connectivity index (χ3v) is 2.05. The summed E-state index contributed by atoms with van der Waals surface area (Å²) in [5.41, 5.74) is 1.03. The van der Waals surface area contributed by atoms with E-state index in [9.17, 15) is 4.79 Å². The molecule has 1 saturated heterocycles. The number of ether oxygens (including phenoxy) is 2. The number of benzene rings is 1. The molecule has 0 aliphatic carbocycles. The summed E-state index contributed by atoms with van der Waals surface area (Å²) in [5, 5.41) is 0. The molecule has 1 aliphatic rings. The lowest BCUT2D eigenvalue weighted by Crippen LogP contribution is -2.09. The molecule has 3 nitrogen and oxygen atoms in total. The van der Waals surface area contributed by atoms with Crippen LogP contribution in [-0.2, 0) is 14.3 Å². The number of rotatable bonds is 2. The predicted molar refractivity (Wildman–Crippen MR) is 46.1 cm³/mol. The quantitative estimate of drug-likeness (QED) is 0.506. The van der Waals surface area contributed by atoms with Crippen molar-refractivity contribution in [1.29, 1.82) is 0 Å². The van der Waals surface area contributed by atoms with Crippen molar-refractivity contribution in [3.63, 3.8) is 0 Å². The molecular formula is C10H10O3. The normalized spacial score (nSPS) is 25.3. The minimum absolute atomic E-state index is 0.103. The molecule has 0 radical (unpaired) electrons. The van der Waals surface area contributed by atoms with Gasteiger partial charge in [-0.3, -0.25) is 0 Å². The van der Waals surface area contributed by atoms with Crippen LogP contribution in [0.2, 0.25) is 0 Å². The summed E-state index contributed by atoms with van der Waals surface area (Å²) in [4.78, 5) is 11.0. The van der Waals surface area contributed by atoms with E-state index >= 15 is 0 Å². The van der Waals surface area contributed by atoms with Crippen molar-refractivity contribution in [2.45, 2.75) is 12.2 Å². The number of carbonyl (C=O) groups excluding carboxylic acids is 1. The number of methoxy groups -OCH3 is 1. The molecule has 68 valence electrons. The van der Waals surface area contributed by atoms with E-state index in [1.165, 1.54) is 7.11 Å². The van der Waals surface area contributed by atoms with E-state index in [0.717, 1.165) is 5.56 Å². The van der Waals surface area contributed by atoms with Gasteiger partial charge in [0, 0.05) is 0 Å². The summed E-state index contributed by atoms with van der Waals surface area (Å²) in [7, 11) is 1.37. The van der Waals surface area contributed by atoms with Crippen LogP contribution in [0.1, 0.15) is 11.7 Å². The van der Waals surface area contributed by atoms with E-state index in [-0.39, 0.29) is 12.1 Å². The van der Waals surface area contributed by atoms with Crippen molar-refractivity contribution in [1.82, 2.24) is 0 Å². The molecule has 2 rings (SSSR count). The van der Waals surface area contributed by atoms with Gasteiger partial charge in [0.15, 0.2) is 6.10 Å². The summed E-state index contributed by atoms with van der Waals surface area (Å²) in [5.74, 6) is -0.297. The van der Waals surface area contributed by atoms with E-state index in [1.807, 2.05) is 30.3 Å². The van der Waals surface area contributed by atoms with Gasteiger partial charge in [-0.2, -0.15) is 0 Å². The second-order valence-electron chi connectivity index (χ2n) is 2.91. The summed E-state index contributed by atoms with van der Waals surface area (Å²) < 4.78 is 9.74. The van der Waals surface area contributed by atoms with Crippen molar-refractivity contribution >= 4 is 5.97 Å². The highest BCUT2D eigenvalue weighted by Crippen LogP contribution is 2.38. The molecule has 0 amide bonds. The molecule has 3 heteroatoms. The maximum atomic E-state index is 11.0. The Hall–Kier alpha value is -1.35. The van der Waals surface area contributed by atoms with Crippen molar-refractivity contribution in [2.24, 2.45) is 0 Å². The van der Waals surface area contributed by atoms with Crippen LogP contribution in [0.5, 0.6) is 0 Å². The fourth-order valence-corrected chi connectivity index (χ4v) is 1.30. The molecule has 2 atom stereocenters. The molecule has 0 N–H and O–H groups in total. The van der Waals surface area contributed by atoms with E-state index in [2.05, 4.69) is 4.74 Å². The molecular weight excluding hydrogens is 168 g/mol. The summed E-state index contributed by atoms with van der Waals surface area (Å²) in [6.07, 6.45) is -0.499. The van der Waals surface area contributed by atoms with E-state index in [1.54, 1.807) is 0 Å². The van der Waals surface area contributed by atoms with Crippen LogP contribution in [0.25, 0.3) is 0 Å². The van der Waals surface area contributed by atoms with Crippen molar-refractivity contribution in [3.8, 4) is 0 Å². The number of hydrogen-bond acceptors (Lipinski definition) is 3. The highest BCUT2D eigenvalue weighted by atomic mass is 16.6. The molecule has 0 bridgehead atoms. The molecule has 13 heavy (non-hydrogen) atoms. The maximum Gasteiger partial charge on any atom is 0.338 e. The number of esters is 1. The number of epoxide rings is 1. The standard InChI is InChI=1S/C10H10O3/c1-12-10(11)9-8(13-9)7-5-3-2-4-6-7/h2-6,8-9H,1H3/t8-,9?/m0/s1. The summed E-state index contributed by atoms with van der Waals surface area (Å²) in [6, 6.07) is 9.65. The first-order valence-corrected chi connectivity index (χ1v) is 4.11. The van der Waals surface area contributed by atoms with Gasteiger partial charge in [0.05, 0.1) is 7.11 Å². The van der Waals surface area contributed by atoms with Crippen LogP contribution >= 0.6 is 0 Å². The van der Waals surface area contributed by atoms with Gasteiger partial charge < -0.3 is 9.47 Å². The zero-order chi connectivity index (χ0) is 9.26. The molecule has 0 saturated carbocycles. The molecule has 0 aromatic heterocycles. The van der Waals surface area contributed by atoms with Gasteiger partial charge in [0.25, 0.3) is 0 Å². The minimum Gasteiger partial charge on any atom is -0.467 e. The smallest absolute Gasteiger partial charge is 0.338 e. The first kappa shape index (κ1) is 8.26. The van der Waals surface area contributed by atoms with Gasteiger partial charge in [-0.15, -0.1) is 0 Å². The molecule has 1 unspecified atom stereocenters. The maximum absolute atomic E-state index is 11.0. The first-order valence-electron chi connectivity index (χ1n) is 4.11. The fraction of sp³-hybridized carbons (Fsp3) is 0.300. The minimum atomic E-state index is -0.396. The Morgan fingerprint density at radius 2 is 2.08 bits per heavy atom. The van der Waals surface area contributed by atoms with Gasteiger partial charge in [-0.25, -0.2) is 4.79 Å². The SMILES string of the molecule is COC(=O)C1O[C@H]1c1ccccc1. The van der Waals surface area contributed by atoms with E-state index < -0.39 is 6.10 Å². The molecule has 1 aromatic carbocycles. The van der Waals surface area contributed by atoms with Crippen molar-refractivity contribution < 1.29 is 14.3 Å². The van der Waals surface area contributed by atoms with Gasteiger partial charge in [-0.1, -0.05) is 30.3 Å². The third-order valence-electron chi connectivity index (χ3n) is 2.05. The van der Waals surface area contributed by atoms with Crippen molar-refractivity contribution in [2.75, 3.05) is 7.11 Å². The Morgan fingerprint density at radius 1 is 1.38 bits per heavy atom. The molecule has 0 spiro atoms. The average molecular weight is 178 g/mol. The number of carbonyl (C=O) groups is 1. The van der Waals surface area contributed by atoms with Crippen LogP contribution in [0, 0.1) is 0 Å². The van der Waals surface area contributed by atoms with E-state index in [0.29, 0.717) is 0 Å². The monoisotopic (exact) mass is 178 g/mol. The fourth-order valence-electron chi connectivity index (χ4n) is 1.30. The second kappa shape index (κ2) is 3.18. The zero-order valence-corrected chi connectivity index (χ0v) is 7.27. The zero-order valence-electron chi connectivity index (χ0n) is 7.27. The number of hydrogen-bond donors (Lipinski definition) is 0. The Bertz CT molecular complexity index is 307. The van der Waals surface area contributed by atoms with Crippen LogP contribution in [0.4, 0.5) is 0 Å². The summed E-state index contributed by atoms with van der Waals surface area (Å²) in [6.45, 7) is 0. The van der Waals surface area contributed by atoms with Gasteiger partial charge in [0.1, 0.15) is 6.10 Å². The Morgan fingerprint density at radius 3 is 2.69 bits per heavy atom. The van der Waals surface area contributed by atoms with Crippen LogP contribution < -0.4 is 0 Å². The lowest BCUT2D eigenvalue weighted by atomic mass is 10.1. The van der Waals surface area contributed by atoms with Gasteiger partial charge >= 0.3 is 5.97 Å². The average Bonchev–Trinajstić information content (AvgIpc) is 2.98. The van der Waals surface area contributed by atoms with Crippen molar-refractivity contribution in [3.05, 3.63) is 35.9 Å². The lowest BCUT2D eigenvalue weighted by molar-refractivity contribution is -0.142. The van der Waals surface area contributed by atoms with Gasteiger partial charge in [-0.05, 0) is 5.56 Å². The molecule has 1 heterocycles. The molecule has 1 aromatic rings. The first-order chi connectivity index (χ1) is 6.33. The highest BCUT2D eigenvalue weighted by molar-refractivity contribution is 5.78. The Kier molecular flexibility index (Phi) is 2.02. The Labute approximate surface area is 76.3 Å². The van der Waals surface area contributed by atoms with Crippen LogP contribution in [0.15, 0.2) is 30.3 Å². The molecule has 1 aliphatic heterocycles.